The Kier molecular flexibility index (Phi) is 7.87. The Balaban J connectivity index is 1.88. The summed E-state index contributed by atoms with van der Waals surface area (Å²) < 4.78 is 11.1. The summed E-state index contributed by atoms with van der Waals surface area (Å²) in [5.41, 5.74) is 0.808. The van der Waals surface area contributed by atoms with Crippen LogP contribution in [0.2, 0.25) is 0 Å². The second-order valence-corrected chi connectivity index (χ2v) is 6.23. The third-order valence-corrected chi connectivity index (χ3v) is 4.08. The van der Waals surface area contributed by atoms with Crippen LogP contribution in [0.3, 0.4) is 0 Å². The van der Waals surface area contributed by atoms with Gasteiger partial charge in [-0.2, -0.15) is 0 Å². The molecule has 0 aliphatic carbocycles. The molecule has 0 aliphatic rings. The fourth-order valence-corrected chi connectivity index (χ4v) is 2.59. The van der Waals surface area contributed by atoms with Gasteiger partial charge in [0.1, 0.15) is 11.5 Å². The molecule has 0 saturated carbocycles. The van der Waals surface area contributed by atoms with Crippen LogP contribution in [-0.2, 0) is 0 Å². The van der Waals surface area contributed by atoms with Gasteiger partial charge in [-0.25, -0.2) is 4.79 Å². The molecule has 0 bridgehead atoms. The van der Waals surface area contributed by atoms with E-state index in [4.69, 9.17) is 9.47 Å². The molecule has 0 atom stereocenters. The van der Waals surface area contributed by atoms with Crippen molar-refractivity contribution >= 4 is 11.8 Å². The van der Waals surface area contributed by atoms with Crippen LogP contribution in [0, 0.1) is 0 Å². The Hall–Kier alpha value is -2.62. The minimum absolute atomic E-state index is 0.143. The second-order valence-electron chi connectivity index (χ2n) is 6.23. The van der Waals surface area contributed by atoms with Gasteiger partial charge in [-0.3, -0.25) is 4.79 Å². The molecule has 0 saturated heterocycles. The van der Waals surface area contributed by atoms with Gasteiger partial charge in [-0.15, -0.1) is 0 Å². The SMILES string of the molecule is CCCCCCCOc1ccc(C(=O)Oc2ccccc2C(C)=O)cc1. The number of carbonyl (C=O) groups excluding carboxylic acids is 2. The molecule has 2 rings (SSSR count). The first-order valence-corrected chi connectivity index (χ1v) is 9.17. The van der Waals surface area contributed by atoms with Gasteiger partial charge in [0.05, 0.1) is 17.7 Å². The highest BCUT2D eigenvalue weighted by Gasteiger charge is 2.13. The van der Waals surface area contributed by atoms with Crippen molar-refractivity contribution in [2.75, 3.05) is 6.61 Å². The summed E-state index contributed by atoms with van der Waals surface area (Å²) in [6, 6.07) is 13.6. The van der Waals surface area contributed by atoms with E-state index in [0.29, 0.717) is 17.7 Å². The normalized spacial score (nSPS) is 10.4. The number of unbranched alkanes of at least 4 members (excludes halogenated alkanes) is 4. The molecule has 26 heavy (non-hydrogen) atoms. The van der Waals surface area contributed by atoms with Gasteiger partial charge in [0.15, 0.2) is 5.78 Å². The van der Waals surface area contributed by atoms with Crippen molar-refractivity contribution in [1.82, 2.24) is 0 Å². The molecule has 0 aliphatic heterocycles. The summed E-state index contributed by atoms with van der Waals surface area (Å²) in [7, 11) is 0. The first-order chi connectivity index (χ1) is 12.6. The van der Waals surface area contributed by atoms with Crippen LogP contribution in [0.5, 0.6) is 11.5 Å². The number of hydrogen-bond donors (Lipinski definition) is 0. The zero-order valence-electron chi connectivity index (χ0n) is 15.5. The van der Waals surface area contributed by atoms with Gasteiger partial charge in [0.2, 0.25) is 0 Å². The van der Waals surface area contributed by atoms with E-state index in [9.17, 15) is 9.59 Å². The van der Waals surface area contributed by atoms with Gasteiger partial charge in [0, 0.05) is 0 Å². The molecule has 0 amide bonds. The van der Waals surface area contributed by atoms with Crippen LogP contribution in [-0.4, -0.2) is 18.4 Å². The molecule has 4 nitrogen and oxygen atoms in total. The molecule has 2 aromatic carbocycles. The maximum absolute atomic E-state index is 12.3. The van der Waals surface area contributed by atoms with Crippen molar-refractivity contribution in [3.8, 4) is 11.5 Å². The zero-order valence-corrected chi connectivity index (χ0v) is 15.5. The van der Waals surface area contributed by atoms with E-state index in [1.165, 1.54) is 32.6 Å². The van der Waals surface area contributed by atoms with Gasteiger partial charge in [-0.05, 0) is 49.7 Å². The van der Waals surface area contributed by atoms with E-state index in [-0.39, 0.29) is 11.5 Å². The van der Waals surface area contributed by atoms with E-state index < -0.39 is 5.97 Å². The van der Waals surface area contributed by atoms with Gasteiger partial charge >= 0.3 is 5.97 Å². The van der Waals surface area contributed by atoms with E-state index in [0.717, 1.165) is 12.2 Å². The van der Waals surface area contributed by atoms with E-state index in [1.54, 1.807) is 48.5 Å². The monoisotopic (exact) mass is 354 g/mol. The lowest BCUT2D eigenvalue weighted by atomic mass is 10.1. The fraction of sp³-hybridized carbons (Fsp3) is 0.364. The van der Waals surface area contributed by atoms with Crippen LogP contribution in [0.15, 0.2) is 48.5 Å². The highest BCUT2D eigenvalue weighted by Crippen LogP contribution is 2.21. The molecule has 138 valence electrons. The van der Waals surface area contributed by atoms with Crippen LogP contribution >= 0.6 is 0 Å². The summed E-state index contributed by atoms with van der Waals surface area (Å²) >= 11 is 0. The quantitative estimate of drug-likeness (QED) is 0.246. The highest BCUT2D eigenvalue weighted by atomic mass is 16.5. The van der Waals surface area contributed by atoms with Crippen molar-refractivity contribution in [2.45, 2.75) is 46.0 Å². The molecule has 0 radical (unpaired) electrons. The number of Topliss-reactive ketones (excluding diaryl/α,β-unsaturated/α-hetero) is 1. The zero-order chi connectivity index (χ0) is 18.8. The lowest BCUT2D eigenvalue weighted by Crippen LogP contribution is -2.10. The molecule has 0 N–H and O–H groups in total. The number of benzene rings is 2. The van der Waals surface area contributed by atoms with Crippen molar-refractivity contribution in [3.05, 3.63) is 59.7 Å². The Bertz CT molecular complexity index is 719. The van der Waals surface area contributed by atoms with Crippen LogP contribution < -0.4 is 9.47 Å². The van der Waals surface area contributed by atoms with Crippen LogP contribution in [0.1, 0.15) is 66.7 Å². The summed E-state index contributed by atoms with van der Waals surface area (Å²) in [6.07, 6.45) is 5.95. The Labute approximate surface area is 155 Å². The Morgan fingerprint density at radius 1 is 0.885 bits per heavy atom. The van der Waals surface area contributed by atoms with E-state index in [1.807, 2.05) is 0 Å². The second kappa shape index (κ2) is 10.4. The van der Waals surface area contributed by atoms with Gasteiger partial charge < -0.3 is 9.47 Å². The van der Waals surface area contributed by atoms with E-state index in [2.05, 4.69) is 6.92 Å². The summed E-state index contributed by atoms with van der Waals surface area (Å²) in [5.74, 6) is 0.375. The first-order valence-electron chi connectivity index (χ1n) is 9.17. The number of ketones is 1. The minimum Gasteiger partial charge on any atom is -0.494 e. The molecular weight excluding hydrogens is 328 g/mol. The number of esters is 1. The average molecular weight is 354 g/mol. The highest BCUT2D eigenvalue weighted by molar-refractivity contribution is 5.99. The van der Waals surface area contributed by atoms with Gasteiger partial charge in [0.25, 0.3) is 0 Å². The lowest BCUT2D eigenvalue weighted by molar-refractivity contribution is 0.0733. The molecule has 0 heterocycles. The minimum atomic E-state index is -0.496. The third kappa shape index (κ3) is 6.03. The smallest absolute Gasteiger partial charge is 0.343 e. The lowest BCUT2D eigenvalue weighted by Gasteiger charge is -2.09. The van der Waals surface area contributed by atoms with Crippen molar-refractivity contribution in [2.24, 2.45) is 0 Å². The number of carbonyl (C=O) groups is 2. The first kappa shape index (κ1) is 19.7. The van der Waals surface area contributed by atoms with Crippen molar-refractivity contribution < 1.29 is 19.1 Å². The number of rotatable bonds is 10. The molecule has 2 aromatic rings. The number of hydrogen-bond acceptors (Lipinski definition) is 4. The molecular formula is C22H26O4. The summed E-state index contributed by atoms with van der Waals surface area (Å²) in [5, 5.41) is 0. The molecule has 0 unspecified atom stereocenters. The largest absolute Gasteiger partial charge is 0.494 e. The molecule has 0 aromatic heterocycles. The topological polar surface area (TPSA) is 52.6 Å². The average Bonchev–Trinajstić information content (AvgIpc) is 2.65. The fourth-order valence-electron chi connectivity index (χ4n) is 2.59. The maximum atomic E-state index is 12.3. The standard InChI is InChI=1S/C22H26O4/c1-3-4-5-6-9-16-25-19-14-12-18(13-15-19)22(24)26-21-11-8-7-10-20(21)17(2)23/h7-8,10-15H,3-6,9,16H2,1-2H3. The van der Waals surface area contributed by atoms with Gasteiger partial charge in [-0.1, -0.05) is 44.7 Å². The summed E-state index contributed by atoms with van der Waals surface area (Å²) in [4.78, 5) is 23.9. The Morgan fingerprint density at radius 3 is 2.27 bits per heavy atom. The van der Waals surface area contributed by atoms with Crippen molar-refractivity contribution in [1.29, 1.82) is 0 Å². The number of ether oxygens (including phenoxy) is 2. The Morgan fingerprint density at radius 2 is 1.58 bits per heavy atom. The molecule has 0 fully saturated rings. The predicted molar refractivity (Wildman–Crippen MR) is 102 cm³/mol. The van der Waals surface area contributed by atoms with E-state index >= 15 is 0 Å². The third-order valence-electron chi connectivity index (χ3n) is 4.08. The summed E-state index contributed by atoms with van der Waals surface area (Å²) in [6.45, 7) is 4.32. The maximum Gasteiger partial charge on any atom is 0.343 e. The molecule has 4 heteroatoms. The molecule has 0 spiro atoms. The van der Waals surface area contributed by atoms with Crippen molar-refractivity contribution in [3.63, 3.8) is 0 Å². The predicted octanol–water partition coefficient (Wildman–Crippen LogP) is 5.46. The van der Waals surface area contributed by atoms with Crippen LogP contribution in [0.4, 0.5) is 0 Å². The van der Waals surface area contributed by atoms with Crippen LogP contribution in [0.25, 0.3) is 0 Å². The number of para-hydroxylation sites is 1.